The molecule has 2 nitrogen and oxygen atoms in total. The molecule has 0 aliphatic heterocycles. The third kappa shape index (κ3) is 4.72. The van der Waals surface area contributed by atoms with Gasteiger partial charge in [0.2, 0.25) is 0 Å². The molecular weight excluding hydrogens is 366 g/mol. The lowest BCUT2D eigenvalue weighted by Gasteiger charge is -2.19. The molecule has 0 radical (unpaired) electrons. The Hall–Kier alpha value is 0.130. The van der Waals surface area contributed by atoms with Crippen molar-refractivity contribution in [1.29, 1.82) is 0 Å². The van der Waals surface area contributed by atoms with Gasteiger partial charge in [-0.2, -0.15) is 0 Å². The van der Waals surface area contributed by atoms with Gasteiger partial charge in [-0.3, -0.25) is 4.79 Å². The molecule has 1 rings (SSSR count). The maximum absolute atomic E-state index is 11.8. The molecule has 0 aliphatic carbocycles. The van der Waals surface area contributed by atoms with Crippen LogP contribution in [0, 0.1) is 5.92 Å². The second-order valence-electron chi connectivity index (χ2n) is 3.91. The van der Waals surface area contributed by atoms with Crippen molar-refractivity contribution in [2.75, 3.05) is 6.54 Å². The topological polar surface area (TPSA) is 29.1 Å². The Kier molecular flexibility index (Phi) is 6.74. The van der Waals surface area contributed by atoms with Crippen LogP contribution in [-0.4, -0.2) is 17.3 Å². The molecule has 96 valence electrons. The molecule has 0 aliphatic rings. The van der Waals surface area contributed by atoms with Crippen LogP contribution in [0.15, 0.2) is 15.9 Å². The molecule has 1 heterocycles. The highest BCUT2D eigenvalue weighted by Gasteiger charge is 2.16. The first-order valence-electron chi connectivity index (χ1n) is 5.76. The number of rotatable bonds is 6. The van der Waals surface area contributed by atoms with Crippen molar-refractivity contribution in [2.45, 2.75) is 31.5 Å². The number of alkyl halides is 1. The minimum absolute atomic E-state index is 0.0103. The van der Waals surface area contributed by atoms with Crippen LogP contribution in [0.4, 0.5) is 0 Å². The van der Waals surface area contributed by atoms with Gasteiger partial charge in [-0.1, -0.05) is 42.6 Å². The Morgan fingerprint density at radius 3 is 2.53 bits per heavy atom. The minimum atomic E-state index is 0.0103. The predicted octanol–water partition coefficient (Wildman–Crippen LogP) is 4.44. The van der Waals surface area contributed by atoms with Crippen LogP contribution in [0.3, 0.4) is 0 Å². The largest absolute Gasteiger partial charge is 0.350 e. The number of thiophene rings is 1. The normalized spacial score (nSPS) is 12.8. The summed E-state index contributed by atoms with van der Waals surface area (Å²) in [6, 6.07) is 3.73. The van der Waals surface area contributed by atoms with Crippen LogP contribution in [0.2, 0.25) is 0 Å². The number of nitrogens with one attached hydrogen (secondary N) is 1. The Morgan fingerprint density at radius 1 is 1.41 bits per heavy atom. The molecule has 0 fully saturated rings. The second kappa shape index (κ2) is 7.54. The quantitative estimate of drug-likeness (QED) is 0.724. The van der Waals surface area contributed by atoms with E-state index in [2.05, 4.69) is 51.0 Å². The summed E-state index contributed by atoms with van der Waals surface area (Å²) in [6.45, 7) is 5.04. The van der Waals surface area contributed by atoms with Gasteiger partial charge in [-0.25, -0.2) is 0 Å². The highest BCUT2D eigenvalue weighted by atomic mass is 79.9. The zero-order valence-electron chi connectivity index (χ0n) is 10.0. The number of hydrogen-bond acceptors (Lipinski definition) is 2. The van der Waals surface area contributed by atoms with Gasteiger partial charge in [-0.05, 0) is 34.0 Å². The van der Waals surface area contributed by atoms with Crippen molar-refractivity contribution in [2.24, 2.45) is 5.92 Å². The van der Waals surface area contributed by atoms with E-state index in [1.54, 1.807) is 0 Å². The van der Waals surface area contributed by atoms with Crippen molar-refractivity contribution in [3.05, 3.63) is 20.8 Å². The van der Waals surface area contributed by atoms with Gasteiger partial charge >= 0.3 is 0 Å². The summed E-state index contributed by atoms with van der Waals surface area (Å²) in [7, 11) is 0. The van der Waals surface area contributed by atoms with Gasteiger partial charge in [0.05, 0.1) is 8.66 Å². The lowest BCUT2D eigenvalue weighted by Crippen LogP contribution is -2.32. The van der Waals surface area contributed by atoms with E-state index in [4.69, 9.17) is 0 Å². The standard InChI is InChI=1S/C12H17Br2NOS/c1-3-8(4-2)9(13)7-15-12(16)10-5-6-11(14)17-10/h5-6,8-9H,3-4,7H2,1-2H3,(H,15,16). The fourth-order valence-electron chi connectivity index (χ4n) is 1.68. The van der Waals surface area contributed by atoms with Gasteiger partial charge in [-0.15, -0.1) is 11.3 Å². The van der Waals surface area contributed by atoms with E-state index in [-0.39, 0.29) is 5.91 Å². The van der Waals surface area contributed by atoms with Crippen LogP contribution in [0.1, 0.15) is 36.4 Å². The SMILES string of the molecule is CCC(CC)C(Br)CNC(=O)c1ccc(Br)s1. The Labute approximate surface area is 123 Å². The average molecular weight is 383 g/mol. The minimum Gasteiger partial charge on any atom is -0.350 e. The van der Waals surface area contributed by atoms with E-state index in [0.29, 0.717) is 17.3 Å². The first-order chi connectivity index (χ1) is 8.08. The Balaban J connectivity index is 2.43. The van der Waals surface area contributed by atoms with E-state index in [0.717, 1.165) is 21.5 Å². The zero-order chi connectivity index (χ0) is 12.8. The van der Waals surface area contributed by atoms with Crippen LogP contribution in [0.5, 0.6) is 0 Å². The number of carbonyl (C=O) groups excluding carboxylic acids is 1. The van der Waals surface area contributed by atoms with E-state index in [9.17, 15) is 4.79 Å². The molecule has 0 aromatic carbocycles. The molecule has 0 bridgehead atoms. The summed E-state index contributed by atoms with van der Waals surface area (Å²) in [5.41, 5.74) is 0. The van der Waals surface area contributed by atoms with Gasteiger partial charge in [0.15, 0.2) is 0 Å². The van der Waals surface area contributed by atoms with Gasteiger partial charge in [0.1, 0.15) is 0 Å². The van der Waals surface area contributed by atoms with Crippen molar-refractivity contribution in [1.82, 2.24) is 5.32 Å². The molecule has 1 atom stereocenters. The number of hydrogen-bond donors (Lipinski definition) is 1. The molecular formula is C12H17Br2NOS. The van der Waals surface area contributed by atoms with Crippen LogP contribution >= 0.6 is 43.2 Å². The summed E-state index contributed by atoms with van der Waals surface area (Å²) >= 11 is 8.46. The summed E-state index contributed by atoms with van der Waals surface area (Å²) in [6.07, 6.45) is 2.26. The van der Waals surface area contributed by atoms with Crippen LogP contribution < -0.4 is 5.32 Å². The summed E-state index contributed by atoms with van der Waals surface area (Å²) in [5, 5.41) is 2.96. The molecule has 0 saturated carbocycles. The maximum Gasteiger partial charge on any atom is 0.261 e. The first-order valence-corrected chi connectivity index (χ1v) is 8.28. The van der Waals surface area contributed by atoms with Crippen molar-refractivity contribution in [3.8, 4) is 0 Å². The van der Waals surface area contributed by atoms with Gasteiger partial charge < -0.3 is 5.32 Å². The molecule has 1 aromatic heterocycles. The van der Waals surface area contributed by atoms with E-state index < -0.39 is 0 Å². The number of halogens is 2. The molecule has 0 spiro atoms. The fourth-order valence-corrected chi connectivity index (χ4v) is 3.89. The van der Waals surface area contributed by atoms with Crippen LogP contribution in [0.25, 0.3) is 0 Å². The van der Waals surface area contributed by atoms with Crippen molar-refractivity contribution >= 4 is 49.1 Å². The summed E-state index contributed by atoms with van der Waals surface area (Å²) in [5.74, 6) is 0.626. The van der Waals surface area contributed by atoms with Gasteiger partial charge in [0.25, 0.3) is 5.91 Å². The third-order valence-electron chi connectivity index (χ3n) is 2.81. The first kappa shape index (κ1) is 15.2. The Bertz CT molecular complexity index is 363. The van der Waals surface area contributed by atoms with Crippen molar-refractivity contribution in [3.63, 3.8) is 0 Å². The molecule has 0 saturated heterocycles. The van der Waals surface area contributed by atoms with Gasteiger partial charge in [0, 0.05) is 11.4 Å². The Morgan fingerprint density at radius 2 is 2.06 bits per heavy atom. The average Bonchev–Trinajstić information content (AvgIpc) is 2.74. The smallest absolute Gasteiger partial charge is 0.261 e. The maximum atomic E-state index is 11.8. The monoisotopic (exact) mass is 381 g/mol. The fraction of sp³-hybridized carbons (Fsp3) is 0.583. The molecule has 1 unspecified atom stereocenters. The predicted molar refractivity (Wildman–Crippen MR) is 81.1 cm³/mol. The molecule has 17 heavy (non-hydrogen) atoms. The lowest BCUT2D eigenvalue weighted by atomic mass is 9.99. The second-order valence-corrected chi connectivity index (χ2v) is 7.55. The van der Waals surface area contributed by atoms with Crippen molar-refractivity contribution < 1.29 is 4.79 Å². The molecule has 1 N–H and O–H groups in total. The zero-order valence-corrected chi connectivity index (χ0v) is 14.0. The third-order valence-corrected chi connectivity index (χ3v) is 5.51. The highest BCUT2D eigenvalue weighted by Crippen LogP contribution is 2.22. The summed E-state index contributed by atoms with van der Waals surface area (Å²) < 4.78 is 0.984. The molecule has 1 aromatic rings. The van der Waals surface area contributed by atoms with E-state index in [1.807, 2.05) is 12.1 Å². The van der Waals surface area contributed by atoms with E-state index in [1.165, 1.54) is 11.3 Å². The lowest BCUT2D eigenvalue weighted by molar-refractivity contribution is 0.0956. The number of carbonyl (C=O) groups is 1. The molecule has 1 amide bonds. The number of amides is 1. The summed E-state index contributed by atoms with van der Waals surface area (Å²) in [4.78, 5) is 12.9. The highest BCUT2D eigenvalue weighted by molar-refractivity contribution is 9.11. The van der Waals surface area contributed by atoms with Crippen LogP contribution in [-0.2, 0) is 0 Å². The molecule has 5 heteroatoms. The van der Waals surface area contributed by atoms with E-state index >= 15 is 0 Å².